The molecule has 1 aromatic carbocycles. The Morgan fingerprint density at radius 1 is 1.30 bits per heavy atom. The second-order valence-electron chi connectivity index (χ2n) is 4.65. The zero-order valence-electron chi connectivity index (χ0n) is 11.9. The van der Waals surface area contributed by atoms with Crippen molar-refractivity contribution in [1.82, 2.24) is 15.1 Å². The second kappa shape index (κ2) is 7.50. The van der Waals surface area contributed by atoms with Crippen LogP contribution in [0.15, 0.2) is 49.2 Å². The molecule has 0 atom stereocenters. The summed E-state index contributed by atoms with van der Waals surface area (Å²) < 4.78 is 7.28. The molecule has 0 radical (unpaired) electrons. The molecule has 0 fully saturated rings. The van der Waals surface area contributed by atoms with Crippen molar-refractivity contribution in [3.8, 4) is 5.75 Å². The zero-order chi connectivity index (χ0) is 14.2. The Bertz CT molecular complexity index is 531. The number of aromatic nitrogens is 2. The third-order valence-corrected chi connectivity index (χ3v) is 2.95. The maximum atomic E-state index is 5.45. The Labute approximate surface area is 120 Å². The molecule has 0 aliphatic carbocycles. The quantitative estimate of drug-likeness (QED) is 0.591. The number of nitrogens with one attached hydrogen (secondary N) is 1. The van der Waals surface area contributed by atoms with Gasteiger partial charge in [0.2, 0.25) is 0 Å². The summed E-state index contributed by atoms with van der Waals surface area (Å²) in [4.78, 5) is 0. The van der Waals surface area contributed by atoms with Crippen LogP contribution in [-0.2, 0) is 20.0 Å². The SMILES string of the molecule is C=CCOc1ccc(CNCCc2ccn(C)n2)cc1. The molecule has 0 unspecified atom stereocenters. The highest BCUT2D eigenvalue weighted by Crippen LogP contribution is 2.11. The molecule has 0 aliphatic heterocycles. The topological polar surface area (TPSA) is 39.1 Å². The molecule has 0 amide bonds. The summed E-state index contributed by atoms with van der Waals surface area (Å²) in [5.74, 6) is 0.877. The molecule has 0 spiro atoms. The van der Waals surface area contributed by atoms with Gasteiger partial charge in [0.15, 0.2) is 0 Å². The van der Waals surface area contributed by atoms with E-state index in [1.54, 1.807) is 6.08 Å². The van der Waals surface area contributed by atoms with Gasteiger partial charge in [-0.1, -0.05) is 24.8 Å². The fourth-order valence-electron chi connectivity index (χ4n) is 1.90. The Balaban J connectivity index is 1.69. The fraction of sp³-hybridized carbons (Fsp3) is 0.312. The van der Waals surface area contributed by atoms with Gasteiger partial charge in [0, 0.05) is 32.8 Å². The average molecular weight is 271 g/mol. The van der Waals surface area contributed by atoms with Crippen LogP contribution in [0.2, 0.25) is 0 Å². The maximum Gasteiger partial charge on any atom is 0.119 e. The van der Waals surface area contributed by atoms with E-state index in [-0.39, 0.29) is 0 Å². The second-order valence-corrected chi connectivity index (χ2v) is 4.65. The van der Waals surface area contributed by atoms with Crippen molar-refractivity contribution >= 4 is 0 Å². The molecular weight excluding hydrogens is 250 g/mol. The van der Waals surface area contributed by atoms with Crippen molar-refractivity contribution in [2.75, 3.05) is 13.2 Å². The van der Waals surface area contributed by atoms with E-state index in [2.05, 4.69) is 29.1 Å². The first-order valence-electron chi connectivity index (χ1n) is 6.80. The van der Waals surface area contributed by atoms with E-state index < -0.39 is 0 Å². The van der Waals surface area contributed by atoms with E-state index in [0.29, 0.717) is 6.61 Å². The minimum Gasteiger partial charge on any atom is -0.490 e. The lowest BCUT2D eigenvalue weighted by Gasteiger charge is -2.06. The molecule has 0 aliphatic rings. The number of hydrogen-bond donors (Lipinski definition) is 1. The van der Waals surface area contributed by atoms with Crippen molar-refractivity contribution < 1.29 is 4.74 Å². The van der Waals surface area contributed by atoms with Crippen LogP contribution in [0.25, 0.3) is 0 Å². The van der Waals surface area contributed by atoms with Crippen molar-refractivity contribution in [3.05, 3.63) is 60.4 Å². The normalized spacial score (nSPS) is 10.4. The number of nitrogens with zero attached hydrogens (tertiary/aromatic N) is 2. The molecule has 1 N–H and O–H groups in total. The van der Waals surface area contributed by atoms with E-state index in [4.69, 9.17) is 4.74 Å². The summed E-state index contributed by atoms with van der Waals surface area (Å²) in [7, 11) is 1.94. The van der Waals surface area contributed by atoms with Crippen LogP contribution in [0.3, 0.4) is 0 Å². The molecule has 20 heavy (non-hydrogen) atoms. The number of rotatable bonds is 8. The molecule has 4 heteroatoms. The Hall–Kier alpha value is -2.07. The summed E-state index contributed by atoms with van der Waals surface area (Å²) in [5.41, 5.74) is 2.37. The van der Waals surface area contributed by atoms with Crippen molar-refractivity contribution in [2.45, 2.75) is 13.0 Å². The predicted octanol–water partition coefficient (Wildman–Crippen LogP) is 2.32. The van der Waals surface area contributed by atoms with Gasteiger partial charge in [-0.2, -0.15) is 5.10 Å². The highest BCUT2D eigenvalue weighted by Gasteiger charge is 1.98. The molecule has 0 saturated carbocycles. The van der Waals surface area contributed by atoms with Crippen molar-refractivity contribution in [2.24, 2.45) is 7.05 Å². The summed E-state index contributed by atoms with van der Waals surface area (Å²) >= 11 is 0. The van der Waals surface area contributed by atoms with Gasteiger partial charge in [0.1, 0.15) is 12.4 Å². The minimum absolute atomic E-state index is 0.543. The lowest BCUT2D eigenvalue weighted by molar-refractivity contribution is 0.363. The van der Waals surface area contributed by atoms with Crippen LogP contribution in [0, 0.1) is 0 Å². The summed E-state index contributed by atoms with van der Waals surface area (Å²) in [6.07, 6.45) is 4.66. The van der Waals surface area contributed by atoms with Crippen LogP contribution in [0.5, 0.6) is 5.75 Å². The highest BCUT2D eigenvalue weighted by atomic mass is 16.5. The third kappa shape index (κ3) is 4.55. The van der Waals surface area contributed by atoms with E-state index in [1.165, 1.54) is 5.56 Å². The third-order valence-electron chi connectivity index (χ3n) is 2.95. The summed E-state index contributed by atoms with van der Waals surface area (Å²) in [6.45, 7) is 5.95. The first-order chi connectivity index (χ1) is 9.78. The molecule has 2 aromatic rings. The summed E-state index contributed by atoms with van der Waals surface area (Å²) in [6, 6.07) is 10.2. The number of benzene rings is 1. The van der Waals surface area contributed by atoms with E-state index >= 15 is 0 Å². The predicted molar refractivity (Wildman–Crippen MR) is 80.8 cm³/mol. The monoisotopic (exact) mass is 271 g/mol. The fourth-order valence-corrected chi connectivity index (χ4v) is 1.90. The molecule has 0 bridgehead atoms. The molecular formula is C16H21N3O. The van der Waals surface area contributed by atoms with Crippen LogP contribution < -0.4 is 10.1 Å². The van der Waals surface area contributed by atoms with Gasteiger partial charge in [-0.25, -0.2) is 0 Å². The van der Waals surface area contributed by atoms with Gasteiger partial charge < -0.3 is 10.1 Å². The largest absolute Gasteiger partial charge is 0.490 e. The van der Waals surface area contributed by atoms with Crippen molar-refractivity contribution in [1.29, 1.82) is 0 Å². The number of aryl methyl sites for hydroxylation is 1. The molecule has 2 rings (SSSR count). The smallest absolute Gasteiger partial charge is 0.119 e. The average Bonchev–Trinajstić information content (AvgIpc) is 2.88. The Kier molecular flexibility index (Phi) is 5.38. The van der Waals surface area contributed by atoms with Crippen LogP contribution in [-0.4, -0.2) is 22.9 Å². The number of ether oxygens (including phenoxy) is 1. The van der Waals surface area contributed by atoms with Gasteiger partial charge in [-0.3, -0.25) is 4.68 Å². The van der Waals surface area contributed by atoms with Crippen LogP contribution in [0.1, 0.15) is 11.3 Å². The van der Waals surface area contributed by atoms with Gasteiger partial charge >= 0.3 is 0 Å². The first-order valence-corrected chi connectivity index (χ1v) is 6.80. The number of hydrogen-bond acceptors (Lipinski definition) is 3. The zero-order valence-corrected chi connectivity index (χ0v) is 11.9. The van der Waals surface area contributed by atoms with Crippen molar-refractivity contribution in [3.63, 3.8) is 0 Å². The van der Waals surface area contributed by atoms with E-state index in [1.807, 2.05) is 36.1 Å². The standard InChI is InChI=1S/C16H21N3O/c1-3-12-20-16-6-4-14(5-7-16)13-17-10-8-15-9-11-19(2)18-15/h3-7,9,11,17H,1,8,10,12-13H2,2H3. The maximum absolute atomic E-state index is 5.45. The molecule has 1 aromatic heterocycles. The Morgan fingerprint density at radius 3 is 2.75 bits per heavy atom. The Morgan fingerprint density at radius 2 is 2.10 bits per heavy atom. The minimum atomic E-state index is 0.543. The van der Waals surface area contributed by atoms with Gasteiger partial charge in [-0.05, 0) is 23.8 Å². The van der Waals surface area contributed by atoms with Gasteiger partial charge in [-0.15, -0.1) is 0 Å². The van der Waals surface area contributed by atoms with Gasteiger partial charge in [0.05, 0.1) is 5.69 Å². The van der Waals surface area contributed by atoms with Crippen LogP contribution in [0.4, 0.5) is 0 Å². The van der Waals surface area contributed by atoms with Crippen LogP contribution >= 0.6 is 0 Å². The van der Waals surface area contributed by atoms with Gasteiger partial charge in [0.25, 0.3) is 0 Å². The first kappa shape index (κ1) is 14.3. The lowest BCUT2D eigenvalue weighted by Crippen LogP contribution is -2.16. The molecule has 1 heterocycles. The molecule has 106 valence electrons. The highest BCUT2D eigenvalue weighted by molar-refractivity contribution is 5.27. The van der Waals surface area contributed by atoms with E-state index in [0.717, 1.165) is 31.0 Å². The lowest BCUT2D eigenvalue weighted by atomic mass is 10.2. The molecule has 0 saturated heterocycles. The summed E-state index contributed by atoms with van der Waals surface area (Å²) in [5, 5.41) is 7.76. The van der Waals surface area contributed by atoms with E-state index in [9.17, 15) is 0 Å². The molecule has 4 nitrogen and oxygen atoms in total.